The highest BCUT2D eigenvalue weighted by atomic mass is 16.6. The van der Waals surface area contributed by atoms with Crippen LogP contribution in [0.15, 0.2) is 18.2 Å². The fourth-order valence-electron chi connectivity index (χ4n) is 1.99. The normalized spacial score (nSPS) is 12.2. The van der Waals surface area contributed by atoms with Crippen LogP contribution in [0.1, 0.15) is 44.8 Å². The Balaban J connectivity index is 2.96. The van der Waals surface area contributed by atoms with Crippen molar-refractivity contribution in [3.63, 3.8) is 0 Å². The zero-order valence-electron chi connectivity index (χ0n) is 11.8. The molecule has 0 bridgehead atoms. The number of aliphatic hydroxyl groups excluding tert-OH is 1. The summed E-state index contributed by atoms with van der Waals surface area (Å²) in [5.74, 6) is 0. The number of nitro groups is 1. The van der Waals surface area contributed by atoms with E-state index in [9.17, 15) is 15.2 Å². The summed E-state index contributed by atoms with van der Waals surface area (Å²) in [6.07, 6.45) is 2.56. The van der Waals surface area contributed by atoms with E-state index < -0.39 is 11.0 Å². The molecule has 1 unspecified atom stereocenters. The highest BCUT2D eigenvalue weighted by Gasteiger charge is 2.18. The predicted octanol–water partition coefficient (Wildman–Crippen LogP) is 3.27. The summed E-state index contributed by atoms with van der Waals surface area (Å²) >= 11 is 0. The number of anilines is 1. The fraction of sp³-hybridized carbons (Fsp3) is 0.571. The molecule has 1 aromatic carbocycles. The number of nitrogens with zero attached hydrogens (tertiary/aromatic N) is 2. The number of rotatable bonds is 7. The van der Waals surface area contributed by atoms with Crippen LogP contribution in [0.4, 0.5) is 11.4 Å². The van der Waals surface area contributed by atoms with Crippen LogP contribution in [-0.4, -0.2) is 23.6 Å². The number of aliphatic hydroxyl groups is 1. The van der Waals surface area contributed by atoms with Gasteiger partial charge in [-0.05, 0) is 25.0 Å². The van der Waals surface area contributed by atoms with Gasteiger partial charge in [0.25, 0.3) is 5.69 Å². The Labute approximate surface area is 114 Å². The standard InChI is InChI=1S/C14H22N2O3/c1-4-5-6-9-15(3)13-8-7-12(11(2)17)10-14(13)16(18)19/h7-8,10-11,17H,4-6,9H2,1-3H3. The summed E-state index contributed by atoms with van der Waals surface area (Å²) in [4.78, 5) is 12.6. The van der Waals surface area contributed by atoms with Gasteiger partial charge in [-0.25, -0.2) is 0 Å². The summed E-state index contributed by atoms with van der Waals surface area (Å²) in [6, 6.07) is 4.91. The SMILES string of the molecule is CCCCCN(C)c1ccc(C(C)O)cc1[N+](=O)[O-]. The molecule has 0 aliphatic rings. The van der Waals surface area contributed by atoms with Crippen molar-refractivity contribution in [1.82, 2.24) is 0 Å². The maximum absolute atomic E-state index is 11.1. The molecule has 19 heavy (non-hydrogen) atoms. The molecular formula is C14H22N2O3. The molecule has 0 spiro atoms. The Morgan fingerprint density at radius 1 is 1.42 bits per heavy atom. The zero-order valence-corrected chi connectivity index (χ0v) is 11.8. The molecule has 1 N–H and O–H groups in total. The molecular weight excluding hydrogens is 244 g/mol. The van der Waals surface area contributed by atoms with E-state index in [1.54, 1.807) is 19.1 Å². The van der Waals surface area contributed by atoms with Crippen LogP contribution in [0.2, 0.25) is 0 Å². The van der Waals surface area contributed by atoms with Crippen LogP contribution in [0.5, 0.6) is 0 Å². The largest absolute Gasteiger partial charge is 0.389 e. The molecule has 0 aliphatic carbocycles. The van der Waals surface area contributed by atoms with Gasteiger partial charge in [0.1, 0.15) is 5.69 Å². The molecule has 0 saturated heterocycles. The highest BCUT2D eigenvalue weighted by Crippen LogP contribution is 2.30. The van der Waals surface area contributed by atoms with Crippen molar-refractivity contribution in [2.24, 2.45) is 0 Å². The van der Waals surface area contributed by atoms with E-state index in [4.69, 9.17) is 0 Å². The molecule has 0 aliphatic heterocycles. The Morgan fingerprint density at radius 2 is 2.11 bits per heavy atom. The Morgan fingerprint density at radius 3 is 2.63 bits per heavy atom. The Hall–Kier alpha value is -1.62. The average Bonchev–Trinajstić information content (AvgIpc) is 2.38. The topological polar surface area (TPSA) is 66.6 Å². The van der Waals surface area contributed by atoms with Crippen molar-refractivity contribution in [3.05, 3.63) is 33.9 Å². The summed E-state index contributed by atoms with van der Waals surface area (Å²) < 4.78 is 0. The summed E-state index contributed by atoms with van der Waals surface area (Å²) in [7, 11) is 1.86. The third kappa shape index (κ3) is 4.21. The molecule has 0 heterocycles. The number of benzene rings is 1. The predicted molar refractivity (Wildman–Crippen MR) is 76.5 cm³/mol. The molecule has 5 nitrogen and oxygen atoms in total. The molecule has 106 valence electrons. The minimum Gasteiger partial charge on any atom is -0.389 e. The van der Waals surface area contributed by atoms with Crippen molar-refractivity contribution in [3.8, 4) is 0 Å². The first-order chi connectivity index (χ1) is 8.97. The quantitative estimate of drug-likeness (QED) is 0.467. The van der Waals surface area contributed by atoms with Gasteiger partial charge in [-0.2, -0.15) is 0 Å². The van der Waals surface area contributed by atoms with Gasteiger partial charge in [0, 0.05) is 19.7 Å². The van der Waals surface area contributed by atoms with Crippen molar-refractivity contribution < 1.29 is 10.0 Å². The molecule has 0 saturated carbocycles. The minimum absolute atomic E-state index is 0.0531. The third-order valence-corrected chi connectivity index (χ3v) is 3.19. The molecule has 1 atom stereocenters. The number of nitro benzene ring substituents is 1. The monoisotopic (exact) mass is 266 g/mol. The number of unbranched alkanes of at least 4 members (excludes halogenated alkanes) is 2. The molecule has 0 aromatic heterocycles. The second-order valence-corrected chi connectivity index (χ2v) is 4.81. The van der Waals surface area contributed by atoms with E-state index >= 15 is 0 Å². The van der Waals surface area contributed by atoms with E-state index in [0.29, 0.717) is 11.3 Å². The zero-order chi connectivity index (χ0) is 14.4. The fourth-order valence-corrected chi connectivity index (χ4v) is 1.99. The molecule has 0 radical (unpaired) electrons. The van der Waals surface area contributed by atoms with Crippen LogP contribution in [0, 0.1) is 10.1 Å². The molecule has 0 fully saturated rings. The lowest BCUT2D eigenvalue weighted by atomic mass is 10.1. The first-order valence-electron chi connectivity index (χ1n) is 6.65. The number of hydrogen-bond donors (Lipinski definition) is 1. The van der Waals surface area contributed by atoms with Gasteiger partial charge in [-0.15, -0.1) is 0 Å². The minimum atomic E-state index is -0.696. The second-order valence-electron chi connectivity index (χ2n) is 4.81. The number of hydrogen-bond acceptors (Lipinski definition) is 4. The summed E-state index contributed by atoms with van der Waals surface area (Å²) in [5.41, 5.74) is 1.22. The second kappa shape index (κ2) is 7.09. The smallest absolute Gasteiger partial charge is 0.292 e. The van der Waals surface area contributed by atoms with E-state index in [1.807, 2.05) is 11.9 Å². The Kier molecular flexibility index (Phi) is 5.76. The lowest BCUT2D eigenvalue weighted by Gasteiger charge is -2.19. The van der Waals surface area contributed by atoms with Crippen LogP contribution >= 0.6 is 0 Å². The molecule has 0 amide bonds. The van der Waals surface area contributed by atoms with E-state index in [2.05, 4.69) is 6.92 Å². The van der Waals surface area contributed by atoms with Crippen LogP contribution in [0.25, 0.3) is 0 Å². The third-order valence-electron chi connectivity index (χ3n) is 3.19. The van der Waals surface area contributed by atoms with Gasteiger partial charge in [0.2, 0.25) is 0 Å². The van der Waals surface area contributed by atoms with E-state index in [1.165, 1.54) is 6.07 Å². The van der Waals surface area contributed by atoms with Crippen molar-refractivity contribution >= 4 is 11.4 Å². The van der Waals surface area contributed by atoms with Gasteiger partial charge in [-0.3, -0.25) is 10.1 Å². The highest BCUT2D eigenvalue weighted by molar-refractivity contribution is 5.64. The van der Waals surface area contributed by atoms with Gasteiger partial charge in [0.15, 0.2) is 0 Å². The van der Waals surface area contributed by atoms with Crippen LogP contribution < -0.4 is 4.90 Å². The van der Waals surface area contributed by atoms with Crippen molar-refractivity contribution in [1.29, 1.82) is 0 Å². The molecule has 1 aromatic rings. The molecule has 1 rings (SSSR count). The maximum Gasteiger partial charge on any atom is 0.292 e. The lowest BCUT2D eigenvalue weighted by Crippen LogP contribution is -2.19. The average molecular weight is 266 g/mol. The van der Waals surface area contributed by atoms with Crippen molar-refractivity contribution in [2.75, 3.05) is 18.5 Å². The van der Waals surface area contributed by atoms with Crippen molar-refractivity contribution in [2.45, 2.75) is 39.2 Å². The first kappa shape index (κ1) is 15.4. The van der Waals surface area contributed by atoms with Crippen LogP contribution in [-0.2, 0) is 0 Å². The summed E-state index contributed by atoms with van der Waals surface area (Å²) in [5, 5.41) is 20.6. The Bertz CT molecular complexity index is 433. The summed E-state index contributed by atoms with van der Waals surface area (Å²) in [6.45, 7) is 4.52. The van der Waals surface area contributed by atoms with Gasteiger partial charge >= 0.3 is 0 Å². The lowest BCUT2D eigenvalue weighted by molar-refractivity contribution is -0.384. The maximum atomic E-state index is 11.1. The van der Waals surface area contributed by atoms with Gasteiger partial charge in [0.05, 0.1) is 11.0 Å². The van der Waals surface area contributed by atoms with Gasteiger partial charge < -0.3 is 10.0 Å². The van der Waals surface area contributed by atoms with E-state index in [0.717, 1.165) is 25.8 Å². The van der Waals surface area contributed by atoms with Crippen LogP contribution in [0.3, 0.4) is 0 Å². The molecule has 5 heteroatoms. The first-order valence-corrected chi connectivity index (χ1v) is 6.65. The van der Waals surface area contributed by atoms with Gasteiger partial charge in [-0.1, -0.05) is 25.8 Å². The van der Waals surface area contributed by atoms with E-state index in [-0.39, 0.29) is 5.69 Å².